The van der Waals surface area contributed by atoms with Crippen molar-refractivity contribution in [3.05, 3.63) is 35.5 Å². The lowest BCUT2D eigenvalue weighted by molar-refractivity contribution is -0.123. The molecule has 1 aliphatic carbocycles. The molecule has 6 heteroatoms. The summed E-state index contributed by atoms with van der Waals surface area (Å²) in [4.78, 5) is 16.2. The minimum Gasteiger partial charge on any atom is -0.481 e. The van der Waals surface area contributed by atoms with Gasteiger partial charge < -0.3 is 15.2 Å². The molecular formula is C18H21ClN2O3. The fourth-order valence-corrected chi connectivity index (χ4v) is 3.37. The molecule has 1 aromatic carbocycles. The second-order valence-corrected chi connectivity index (χ2v) is 6.56. The van der Waals surface area contributed by atoms with Gasteiger partial charge in [0.05, 0.1) is 11.1 Å². The maximum absolute atomic E-state index is 11.9. The van der Waals surface area contributed by atoms with Gasteiger partial charge in [-0.15, -0.1) is 0 Å². The van der Waals surface area contributed by atoms with E-state index in [1.54, 1.807) is 24.4 Å². The molecule has 1 aromatic heterocycles. The van der Waals surface area contributed by atoms with Gasteiger partial charge in [0.25, 0.3) is 5.91 Å². The number of hydrogen-bond acceptors (Lipinski definition) is 4. The Bertz CT molecular complexity index is 716. The second-order valence-electron chi connectivity index (χ2n) is 6.15. The summed E-state index contributed by atoms with van der Waals surface area (Å²) in [7, 11) is 0. The average Bonchev–Trinajstić information content (AvgIpc) is 3.14. The number of pyridine rings is 1. The average molecular weight is 349 g/mol. The van der Waals surface area contributed by atoms with E-state index >= 15 is 0 Å². The van der Waals surface area contributed by atoms with Crippen LogP contribution in [0.1, 0.15) is 25.7 Å². The first-order valence-electron chi connectivity index (χ1n) is 8.26. The van der Waals surface area contributed by atoms with Gasteiger partial charge in [-0.05, 0) is 43.0 Å². The molecule has 1 amide bonds. The lowest BCUT2D eigenvalue weighted by atomic mass is 10.0. The SMILES string of the molecule is O=C(COc1ccc(Cl)c2cccnc12)NCC(O)C1CCCC1. The third-order valence-electron chi connectivity index (χ3n) is 4.49. The molecule has 0 radical (unpaired) electrons. The number of benzene rings is 1. The Morgan fingerprint density at radius 2 is 2.17 bits per heavy atom. The molecule has 1 aliphatic rings. The molecule has 2 N–H and O–H groups in total. The van der Waals surface area contributed by atoms with E-state index in [9.17, 15) is 9.90 Å². The van der Waals surface area contributed by atoms with E-state index in [1.807, 2.05) is 6.07 Å². The fourth-order valence-electron chi connectivity index (χ4n) is 3.15. The number of aromatic nitrogens is 1. The highest BCUT2D eigenvalue weighted by molar-refractivity contribution is 6.35. The molecule has 1 fully saturated rings. The van der Waals surface area contributed by atoms with Crippen LogP contribution in [0, 0.1) is 5.92 Å². The van der Waals surface area contributed by atoms with E-state index in [0.29, 0.717) is 22.2 Å². The van der Waals surface area contributed by atoms with Crippen molar-refractivity contribution in [2.24, 2.45) is 5.92 Å². The van der Waals surface area contributed by atoms with Crippen molar-refractivity contribution in [3.63, 3.8) is 0 Å². The van der Waals surface area contributed by atoms with Crippen molar-refractivity contribution >= 4 is 28.4 Å². The first kappa shape index (κ1) is 17.0. The number of halogens is 1. The largest absolute Gasteiger partial charge is 0.481 e. The first-order valence-corrected chi connectivity index (χ1v) is 8.64. The van der Waals surface area contributed by atoms with Gasteiger partial charge in [-0.1, -0.05) is 24.4 Å². The smallest absolute Gasteiger partial charge is 0.258 e. The van der Waals surface area contributed by atoms with Gasteiger partial charge in [-0.3, -0.25) is 9.78 Å². The molecule has 1 atom stereocenters. The molecule has 0 aliphatic heterocycles. The third kappa shape index (κ3) is 3.97. The molecule has 0 saturated heterocycles. The summed E-state index contributed by atoms with van der Waals surface area (Å²) in [6.07, 6.45) is 5.58. The monoisotopic (exact) mass is 348 g/mol. The Morgan fingerprint density at radius 3 is 2.96 bits per heavy atom. The van der Waals surface area contributed by atoms with Crippen molar-refractivity contribution in [3.8, 4) is 5.75 Å². The van der Waals surface area contributed by atoms with E-state index in [2.05, 4.69) is 10.3 Å². The van der Waals surface area contributed by atoms with Crippen LogP contribution in [0.5, 0.6) is 5.75 Å². The fraction of sp³-hybridized carbons (Fsp3) is 0.444. The van der Waals surface area contributed by atoms with Gasteiger partial charge in [0.2, 0.25) is 0 Å². The van der Waals surface area contributed by atoms with E-state index in [0.717, 1.165) is 31.1 Å². The number of nitrogens with one attached hydrogen (secondary N) is 1. The summed E-state index contributed by atoms with van der Waals surface area (Å²) < 4.78 is 5.58. The van der Waals surface area contributed by atoms with Crippen molar-refractivity contribution in [1.82, 2.24) is 10.3 Å². The number of aliphatic hydroxyl groups excluding tert-OH is 1. The summed E-state index contributed by atoms with van der Waals surface area (Å²) >= 11 is 6.14. The van der Waals surface area contributed by atoms with Gasteiger partial charge in [0.1, 0.15) is 11.3 Å². The highest BCUT2D eigenvalue weighted by Gasteiger charge is 2.23. The molecule has 3 rings (SSSR count). The van der Waals surface area contributed by atoms with Crippen molar-refractivity contribution in [2.75, 3.05) is 13.2 Å². The Morgan fingerprint density at radius 1 is 1.38 bits per heavy atom. The molecule has 128 valence electrons. The zero-order valence-corrected chi connectivity index (χ0v) is 14.1. The summed E-state index contributed by atoms with van der Waals surface area (Å²) in [5.41, 5.74) is 0.629. The molecule has 0 bridgehead atoms. The Labute approximate surface area is 146 Å². The normalized spacial score (nSPS) is 16.2. The quantitative estimate of drug-likeness (QED) is 0.842. The molecule has 2 aromatic rings. The molecular weight excluding hydrogens is 328 g/mol. The maximum atomic E-state index is 11.9. The standard InChI is InChI=1S/C18H21ClN2O3/c19-14-7-8-16(18-13(14)6-3-9-20-18)24-11-17(23)21-10-15(22)12-4-1-2-5-12/h3,6-9,12,15,22H,1-2,4-5,10-11H2,(H,21,23). The van der Waals surface area contributed by atoms with Gasteiger partial charge in [-0.2, -0.15) is 0 Å². The zero-order valence-electron chi connectivity index (χ0n) is 13.4. The van der Waals surface area contributed by atoms with Gasteiger partial charge >= 0.3 is 0 Å². The molecule has 1 heterocycles. The number of amides is 1. The van der Waals surface area contributed by atoms with Gasteiger partial charge in [-0.25, -0.2) is 0 Å². The number of aliphatic hydroxyl groups is 1. The van der Waals surface area contributed by atoms with E-state index in [1.165, 1.54) is 0 Å². The third-order valence-corrected chi connectivity index (χ3v) is 4.82. The number of nitrogens with zero attached hydrogens (tertiary/aromatic N) is 1. The highest BCUT2D eigenvalue weighted by atomic mass is 35.5. The van der Waals surface area contributed by atoms with Crippen LogP contribution in [0.2, 0.25) is 5.02 Å². The molecule has 1 saturated carbocycles. The Kier molecular flexibility index (Phi) is 5.53. The number of rotatable bonds is 6. The minimum atomic E-state index is -0.477. The summed E-state index contributed by atoms with van der Waals surface area (Å²) in [5, 5.41) is 14.2. The van der Waals surface area contributed by atoms with Crippen LogP contribution in [0.3, 0.4) is 0 Å². The predicted molar refractivity (Wildman–Crippen MR) is 93.2 cm³/mol. The van der Waals surface area contributed by atoms with Crippen LogP contribution in [0.15, 0.2) is 30.5 Å². The van der Waals surface area contributed by atoms with Crippen LogP contribution in [0.25, 0.3) is 10.9 Å². The molecule has 0 spiro atoms. The first-order chi connectivity index (χ1) is 11.6. The summed E-state index contributed by atoms with van der Waals surface area (Å²) in [5.74, 6) is 0.559. The molecule has 5 nitrogen and oxygen atoms in total. The van der Waals surface area contributed by atoms with Gasteiger partial charge in [0, 0.05) is 18.1 Å². The number of carbonyl (C=O) groups excluding carboxylic acids is 1. The molecule has 1 unspecified atom stereocenters. The van der Waals surface area contributed by atoms with Crippen LogP contribution in [-0.4, -0.2) is 35.3 Å². The van der Waals surface area contributed by atoms with E-state index in [4.69, 9.17) is 16.3 Å². The van der Waals surface area contributed by atoms with E-state index < -0.39 is 6.10 Å². The van der Waals surface area contributed by atoms with Crippen molar-refractivity contribution < 1.29 is 14.6 Å². The number of hydrogen-bond donors (Lipinski definition) is 2. The number of carbonyl (C=O) groups is 1. The lowest BCUT2D eigenvalue weighted by Gasteiger charge is -2.18. The number of fused-ring (bicyclic) bond motifs is 1. The topological polar surface area (TPSA) is 71.5 Å². The van der Waals surface area contributed by atoms with E-state index in [-0.39, 0.29) is 19.1 Å². The van der Waals surface area contributed by atoms with Crippen LogP contribution >= 0.6 is 11.6 Å². The van der Waals surface area contributed by atoms with Crippen LogP contribution < -0.4 is 10.1 Å². The predicted octanol–water partition coefficient (Wildman–Crippen LogP) is 2.93. The second kappa shape index (κ2) is 7.81. The molecule has 24 heavy (non-hydrogen) atoms. The number of ether oxygens (including phenoxy) is 1. The van der Waals surface area contributed by atoms with Crippen molar-refractivity contribution in [2.45, 2.75) is 31.8 Å². The van der Waals surface area contributed by atoms with Gasteiger partial charge in [0.15, 0.2) is 6.61 Å². The Hall–Kier alpha value is -1.85. The minimum absolute atomic E-state index is 0.120. The summed E-state index contributed by atoms with van der Waals surface area (Å²) in [6.45, 7) is 0.150. The maximum Gasteiger partial charge on any atom is 0.258 e. The zero-order chi connectivity index (χ0) is 16.9. The van der Waals surface area contributed by atoms with Crippen LogP contribution in [0.4, 0.5) is 0 Å². The lowest BCUT2D eigenvalue weighted by Crippen LogP contribution is -2.37. The Balaban J connectivity index is 1.54. The van der Waals surface area contributed by atoms with Crippen molar-refractivity contribution in [1.29, 1.82) is 0 Å². The highest BCUT2D eigenvalue weighted by Crippen LogP contribution is 2.29. The summed E-state index contributed by atoms with van der Waals surface area (Å²) in [6, 6.07) is 7.09. The van der Waals surface area contributed by atoms with Crippen LogP contribution in [-0.2, 0) is 4.79 Å².